The zero-order valence-corrected chi connectivity index (χ0v) is 13.0. The lowest BCUT2D eigenvalue weighted by atomic mass is 9.95. The number of hydrogen-bond acceptors (Lipinski definition) is 2. The molecule has 0 aromatic carbocycles. The van der Waals surface area contributed by atoms with Crippen LogP contribution >= 0.6 is 24.0 Å². The Balaban J connectivity index is 0.00000256. The monoisotopic (exact) mass is 350 g/mol. The minimum atomic E-state index is -0.432. The number of nitrogens with two attached hydrogens (primary N) is 1. The van der Waals surface area contributed by atoms with Crippen LogP contribution in [-0.4, -0.2) is 18.5 Å². The third-order valence-corrected chi connectivity index (χ3v) is 2.90. The second-order valence-electron chi connectivity index (χ2n) is 5.18. The Labute approximate surface area is 121 Å². The lowest BCUT2D eigenvalue weighted by Gasteiger charge is -2.23. The zero-order chi connectivity index (χ0) is 12.0. The summed E-state index contributed by atoms with van der Waals surface area (Å²) in [6.07, 6.45) is 6.23. The van der Waals surface area contributed by atoms with Gasteiger partial charge in [-0.1, -0.05) is 19.3 Å². The summed E-state index contributed by atoms with van der Waals surface area (Å²) >= 11 is 0. The molecule has 0 unspecified atom stereocenters. The van der Waals surface area contributed by atoms with Crippen molar-refractivity contribution in [3.8, 4) is 6.07 Å². The van der Waals surface area contributed by atoms with E-state index in [4.69, 9.17) is 11.0 Å². The molecule has 17 heavy (non-hydrogen) atoms. The van der Waals surface area contributed by atoms with Crippen LogP contribution in [0.5, 0.6) is 0 Å². The standard InChI is InChI=1S/C12H22N4.HI/c1-12(2,8-13)9-15-11(14)16-10-6-4-3-5-7-10;/h10H,3-7,9H2,1-2H3,(H3,14,15,16);1H. The van der Waals surface area contributed by atoms with Gasteiger partial charge in [-0.25, -0.2) is 0 Å². The van der Waals surface area contributed by atoms with Crippen LogP contribution in [0, 0.1) is 16.7 Å². The van der Waals surface area contributed by atoms with Gasteiger partial charge >= 0.3 is 0 Å². The summed E-state index contributed by atoms with van der Waals surface area (Å²) in [4.78, 5) is 4.22. The Morgan fingerprint density at radius 3 is 2.53 bits per heavy atom. The summed E-state index contributed by atoms with van der Waals surface area (Å²) in [5, 5.41) is 12.1. The molecule has 1 aliphatic carbocycles. The van der Waals surface area contributed by atoms with Crippen LogP contribution < -0.4 is 11.1 Å². The van der Waals surface area contributed by atoms with Gasteiger partial charge in [-0.2, -0.15) is 5.26 Å². The second kappa shape index (κ2) is 7.75. The van der Waals surface area contributed by atoms with Crippen molar-refractivity contribution in [3.63, 3.8) is 0 Å². The molecule has 0 amide bonds. The predicted octanol–water partition coefficient (Wildman–Crippen LogP) is 2.39. The number of nitriles is 1. The van der Waals surface area contributed by atoms with Gasteiger partial charge in [0.05, 0.1) is 18.0 Å². The molecule has 0 atom stereocenters. The highest BCUT2D eigenvalue weighted by Gasteiger charge is 2.17. The van der Waals surface area contributed by atoms with Gasteiger partial charge in [0.25, 0.3) is 0 Å². The van der Waals surface area contributed by atoms with Crippen molar-refractivity contribution in [1.82, 2.24) is 5.32 Å². The van der Waals surface area contributed by atoms with Crippen LogP contribution in [0.3, 0.4) is 0 Å². The van der Waals surface area contributed by atoms with Gasteiger partial charge < -0.3 is 11.1 Å². The Morgan fingerprint density at radius 1 is 1.41 bits per heavy atom. The maximum absolute atomic E-state index is 8.85. The zero-order valence-electron chi connectivity index (χ0n) is 10.7. The topological polar surface area (TPSA) is 74.2 Å². The smallest absolute Gasteiger partial charge is 0.188 e. The van der Waals surface area contributed by atoms with E-state index in [-0.39, 0.29) is 24.0 Å². The van der Waals surface area contributed by atoms with Crippen molar-refractivity contribution in [1.29, 1.82) is 5.26 Å². The molecule has 1 saturated carbocycles. The van der Waals surface area contributed by atoms with Crippen molar-refractivity contribution in [2.75, 3.05) is 6.54 Å². The van der Waals surface area contributed by atoms with Crippen molar-refractivity contribution in [2.45, 2.75) is 52.0 Å². The van der Waals surface area contributed by atoms with Gasteiger partial charge in [0.15, 0.2) is 5.96 Å². The molecule has 0 bridgehead atoms. The van der Waals surface area contributed by atoms with E-state index >= 15 is 0 Å². The van der Waals surface area contributed by atoms with Crippen molar-refractivity contribution < 1.29 is 0 Å². The largest absolute Gasteiger partial charge is 0.370 e. The molecule has 1 fully saturated rings. The minimum Gasteiger partial charge on any atom is -0.370 e. The quantitative estimate of drug-likeness (QED) is 0.466. The highest BCUT2D eigenvalue weighted by atomic mass is 127. The summed E-state index contributed by atoms with van der Waals surface area (Å²) in [5.74, 6) is 0.482. The second-order valence-corrected chi connectivity index (χ2v) is 5.18. The third-order valence-electron chi connectivity index (χ3n) is 2.90. The van der Waals surface area contributed by atoms with Crippen LogP contribution in [-0.2, 0) is 0 Å². The highest BCUT2D eigenvalue weighted by Crippen LogP contribution is 2.17. The first-order chi connectivity index (χ1) is 7.53. The summed E-state index contributed by atoms with van der Waals surface area (Å²) in [6, 6.07) is 2.68. The van der Waals surface area contributed by atoms with Crippen LogP contribution in [0.1, 0.15) is 46.0 Å². The van der Waals surface area contributed by atoms with Crippen molar-refractivity contribution in [3.05, 3.63) is 0 Å². The molecule has 0 spiro atoms. The number of halogens is 1. The maximum atomic E-state index is 8.85. The van der Waals surface area contributed by atoms with Crippen LogP contribution in [0.15, 0.2) is 4.99 Å². The Hall–Kier alpha value is -0.510. The van der Waals surface area contributed by atoms with Crippen LogP contribution in [0.25, 0.3) is 0 Å². The lowest BCUT2D eigenvalue weighted by Crippen LogP contribution is -2.41. The van der Waals surface area contributed by atoms with E-state index < -0.39 is 5.41 Å². The Morgan fingerprint density at radius 2 is 2.00 bits per heavy atom. The van der Waals surface area contributed by atoms with Crippen LogP contribution in [0.2, 0.25) is 0 Å². The number of rotatable bonds is 3. The molecule has 1 rings (SSSR count). The highest BCUT2D eigenvalue weighted by molar-refractivity contribution is 14.0. The molecule has 1 aliphatic rings. The van der Waals surface area contributed by atoms with E-state index in [1.54, 1.807) is 0 Å². The lowest BCUT2D eigenvalue weighted by molar-refractivity contribution is 0.411. The van der Waals surface area contributed by atoms with E-state index in [0.29, 0.717) is 18.5 Å². The van der Waals surface area contributed by atoms with E-state index in [1.807, 2.05) is 13.8 Å². The predicted molar refractivity (Wildman–Crippen MR) is 81.3 cm³/mol. The molecule has 3 N–H and O–H groups in total. The molecular formula is C12H23IN4. The van der Waals surface area contributed by atoms with Gasteiger partial charge in [-0.3, -0.25) is 4.99 Å². The first-order valence-corrected chi connectivity index (χ1v) is 6.01. The number of guanidine groups is 1. The molecule has 0 heterocycles. The van der Waals surface area contributed by atoms with Crippen LogP contribution in [0.4, 0.5) is 0 Å². The SMILES string of the molecule is CC(C)(C#N)CN=C(N)NC1CCCCC1.I. The average Bonchev–Trinajstić information content (AvgIpc) is 2.28. The molecule has 4 nitrogen and oxygen atoms in total. The first-order valence-electron chi connectivity index (χ1n) is 6.01. The number of nitrogens with zero attached hydrogens (tertiary/aromatic N) is 2. The summed E-state index contributed by atoms with van der Waals surface area (Å²) < 4.78 is 0. The van der Waals surface area contributed by atoms with Gasteiger partial charge in [0, 0.05) is 6.04 Å². The van der Waals surface area contributed by atoms with Gasteiger partial charge in [0.1, 0.15) is 0 Å². The molecule has 98 valence electrons. The molecule has 0 aromatic heterocycles. The first kappa shape index (κ1) is 16.5. The molecule has 0 saturated heterocycles. The van der Waals surface area contributed by atoms with Gasteiger partial charge in [-0.15, -0.1) is 24.0 Å². The number of nitrogens with one attached hydrogen (secondary N) is 1. The third kappa shape index (κ3) is 6.71. The fourth-order valence-corrected chi connectivity index (χ4v) is 1.82. The fourth-order valence-electron chi connectivity index (χ4n) is 1.82. The van der Waals surface area contributed by atoms with E-state index in [2.05, 4.69) is 16.4 Å². The van der Waals surface area contributed by atoms with E-state index in [0.717, 1.165) is 0 Å². The number of aliphatic imine (C=N–C) groups is 1. The number of hydrogen-bond donors (Lipinski definition) is 2. The van der Waals surface area contributed by atoms with Crippen molar-refractivity contribution in [2.24, 2.45) is 16.1 Å². The van der Waals surface area contributed by atoms with Crippen molar-refractivity contribution >= 4 is 29.9 Å². The molecule has 0 radical (unpaired) electrons. The average molecular weight is 350 g/mol. The Bertz CT molecular complexity index is 287. The minimum absolute atomic E-state index is 0. The van der Waals surface area contributed by atoms with E-state index in [1.165, 1.54) is 32.1 Å². The molecule has 0 aromatic rings. The normalized spacial score (nSPS) is 18.1. The molecular weight excluding hydrogens is 327 g/mol. The molecule has 5 heteroatoms. The fraction of sp³-hybridized carbons (Fsp3) is 0.833. The summed E-state index contributed by atoms with van der Waals surface area (Å²) in [6.45, 7) is 4.18. The Kier molecular flexibility index (Phi) is 7.51. The van der Waals surface area contributed by atoms with E-state index in [9.17, 15) is 0 Å². The maximum Gasteiger partial charge on any atom is 0.188 e. The van der Waals surface area contributed by atoms with Gasteiger partial charge in [0.2, 0.25) is 0 Å². The van der Waals surface area contributed by atoms with Gasteiger partial charge in [-0.05, 0) is 26.7 Å². The molecule has 0 aliphatic heterocycles. The summed E-state index contributed by atoms with van der Waals surface area (Å²) in [5.41, 5.74) is 5.36. The summed E-state index contributed by atoms with van der Waals surface area (Å²) in [7, 11) is 0.